The number of hydrazone groups is 1. The standard InChI is InChI=1S/C26H18F3N3O3/c27-26(28,29)19-10-6-9-18(15-19)23-14-13-20(35-23)16-30-32-25(34)21-11-4-5-12-22(21)31-24(33)17-7-2-1-3-8-17/h1-16H,(H,31,33)(H,32,34). The van der Waals surface area contributed by atoms with E-state index in [0.717, 1.165) is 12.1 Å². The van der Waals surface area contributed by atoms with Crippen LogP contribution in [-0.4, -0.2) is 18.0 Å². The second kappa shape index (κ2) is 10.1. The summed E-state index contributed by atoms with van der Waals surface area (Å²) in [6, 6.07) is 22.8. The lowest BCUT2D eigenvalue weighted by atomic mass is 10.1. The third-order valence-corrected chi connectivity index (χ3v) is 4.91. The molecule has 0 aliphatic rings. The molecule has 6 nitrogen and oxygen atoms in total. The average Bonchev–Trinajstić information content (AvgIpc) is 3.33. The van der Waals surface area contributed by atoms with Gasteiger partial charge >= 0.3 is 6.18 Å². The van der Waals surface area contributed by atoms with Crippen molar-refractivity contribution in [2.45, 2.75) is 6.18 Å². The number of carbonyl (C=O) groups excluding carboxylic acids is 2. The van der Waals surface area contributed by atoms with Gasteiger partial charge in [0.05, 0.1) is 23.0 Å². The van der Waals surface area contributed by atoms with Crippen molar-refractivity contribution in [1.29, 1.82) is 0 Å². The molecule has 0 fully saturated rings. The summed E-state index contributed by atoms with van der Waals surface area (Å²) in [5.41, 5.74) is 2.76. The summed E-state index contributed by atoms with van der Waals surface area (Å²) in [6.07, 6.45) is -3.24. The highest BCUT2D eigenvalue weighted by molar-refractivity contribution is 6.09. The van der Waals surface area contributed by atoms with Crippen molar-refractivity contribution in [2.75, 3.05) is 5.32 Å². The third-order valence-electron chi connectivity index (χ3n) is 4.91. The number of furan rings is 1. The summed E-state index contributed by atoms with van der Waals surface area (Å²) in [6.45, 7) is 0. The fraction of sp³-hybridized carbons (Fsp3) is 0.0385. The third kappa shape index (κ3) is 5.83. The zero-order valence-corrected chi connectivity index (χ0v) is 18.0. The van der Waals surface area contributed by atoms with E-state index in [9.17, 15) is 22.8 Å². The minimum absolute atomic E-state index is 0.193. The molecule has 0 aliphatic carbocycles. The summed E-state index contributed by atoms with van der Waals surface area (Å²) < 4.78 is 44.3. The molecule has 0 spiro atoms. The van der Waals surface area contributed by atoms with Crippen LogP contribution in [0.1, 0.15) is 32.0 Å². The van der Waals surface area contributed by atoms with E-state index in [0.29, 0.717) is 11.3 Å². The molecule has 176 valence electrons. The van der Waals surface area contributed by atoms with Crippen LogP contribution in [0.3, 0.4) is 0 Å². The van der Waals surface area contributed by atoms with Gasteiger partial charge in [-0.25, -0.2) is 5.43 Å². The number of anilines is 1. The molecule has 2 N–H and O–H groups in total. The molecule has 9 heteroatoms. The Labute approximate surface area is 198 Å². The zero-order chi connectivity index (χ0) is 24.8. The minimum Gasteiger partial charge on any atom is -0.455 e. The normalized spacial score (nSPS) is 11.4. The van der Waals surface area contributed by atoms with Gasteiger partial charge in [-0.05, 0) is 48.5 Å². The van der Waals surface area contributed by atoms with E-state index in [4.69, 9.17) is 4.42 Å². The van der Waals surface area contributed by atoms with E-state index < -0.39 is 17.6 Å². The van der Waals surface area contributed by atoms with Crippen LogP contribution >= 0.6 is 0 Å². The van der Waals surface area contributed by atoms with Crippen molar-refractivity contribution < 1.29 is 27.2 Å². The predicted octanol–water partition coefficient (Wildman–Crippen LogP) is 5.98. The SMILES string of the molecule is O=C(Nc1ccccc1C(=O)NN=Cc1ccc(-c2cccc(C(F)(F)F)c2)o1)c1ccccc1. The topological polar surface area (TPSA) is 83.7 Å². The highest BCUT2D eigenvalue weighted by atomic mass is 19.4. The number of halogens is 3. The van der Waals surface area contributed by atoms with Gasteiger partial charge in [0.25, 0.3) is 11.8 Å². The lowest BCUT2D eigenvalue weighted by molar-refractivity contribution is -0.137. The minimum atomic E-state index is -4.46. The van der Waals surface area contributed by atoms with Crippen molar-refractivity contribution in [3.63, 3.8) is 0 Å². The second-order valence-corrected chi connectivity index (χ2v) is 7.35. The molecule has 4 rings (SSSR count). The van der Waals surface area contributed by atoms with Crippen LogP contribution in [0.4, 0.5) is 18.9 Å². The Kier molecular flexibility index (Phi) is 6.77. The quantitative estimate of drug-likeness (QED) is 0.265. The summed E-state index contributed by atoms with van der Waals surface area (Å²) >= 11 is 0. The Morgan fingerprint density at radius 2 is 1.57 bits per heavy atom. The summed E-state index contributed by atoms with van der Waals surface area (Å²) in [7, 11) is 0. The number of hydrogen-bond acceptors (Lipinski definition) is 4. The van der Waals surface area contributed by atoms with E-state index in [-0.39, 0.29) is 28.6 Å². The van der Waals surface area contributed by atoms with Gasteiger partial charge < -0.3 is 9.73 Å². The number of benzene rings is 3. The van der Waals surface area contributed by atoms with Gasteiger partial charge in [0, 0.05) is 11.1 Å². The molecule has 0 bridgehead atoms. The number of nitrogens with one attached hydrogen (secondary N) is 2. The first-order valence-corrected chi connectivity index (χ1v) is 10.4. The van der Waals surface area contributed by atoms with Crippen LogP contribution in [-0.2, 0) is 6.18 Å². The predicted molar refractivity (Wildman–Crippen MR) is 125 cm³/mol. The number of rotatable bonds is 6. The Hall–Kier alpha value is -4.66. The Bertz CT molecular complexity index is 1380. The average molecular weight is 477 g/mol. The maximum absolute atomic E-state index is 12.9. The van der Waals surface area contributed by atoms with Crippen LogP contribution < -0.4 is 10.7 Å². The number of alkyl halides is 3. The fourth-order valence-corrected chi connectivity index (χ4v) is 3.22. The molecule has 1 aromatic heterocycles. The van der Waals surface area contributed by atoms with Gasteiger partial charge in [0.15, 0.2) is 0 Å². The first-order valence-electron chi connectivity index (χ1n) is 10.4. The van der Waals surface area contributed by atoms with Crippen molar-refractivity contribution in [1.82, 2.24) is 5.43 Å². The van der Waals surface area contributed by atoms with Crippen LogP contribution in [0.2, 0.25) is 0 Å². The summed E-state index contributed by atoms with van der Waals surface area (Å²) in [5.74, 6) is -0.497. The molecule has 0 radical (unpaired) electrons. The molecule has 2 amide bonds. The molecule has 0 aliphatic heterocycles. The second-order valence-electron chi connectivity index (χ2n) is 7.35. The number of nitrogens with zero attached hydrogens (tertiary/aromatic N) is 1. The highest BCUT2D eigenvalue weighted by Crippen LogP contribution is 2.32. The molecular formula is C26H18F3N3O3. The van der Waals surface area contributed by atoms with E-state index >= 15 is 0 Å². The lowest BCUT2D eigenvalue weighted by Gasteiger charge is -2.10. The van der Waals surface area contributed by atoms with E-state index in [1.807, 2.05) is 0 Å². The molecule has 0 atom stereocenters. The fourth-order valence-electron chi connectivity index (χ4n) is 3.22. The molecule has 4 aromatic rings. The molecule has 0 saturated carbocycles. The molecule has 1 heterocycles. The van der Waals surface area contributed by atoms with Crippen LogP contribution in [0.25, 0.3) is 11.3 Å². The van der Waals surface area contributed by atoms with Gasteiger partial charge in [0.1, 0.15) is 11.5 Å². The lowest BCUT2D eigenvalue weighted by Crippen LogP contribution is -2.21. The Morgan fingerprint density at radius 1 is 0.829 bits per heavy atom. The van der Waals surface area contributed by atoms with Crippen LogP contribution in [0.5, 0.6) is 0 Å². The van der Waals surface area contributed by atoms with Crippen LogP contribution in [0, 0.1) is 0 Å². The first-order chi connectivity index (χ1) is 16.8. The van der Waals surface area contributed by atoms with E-state index in [1.54, 1.807) is 48.5 Å². The van der Waals surface area contributed by atoms with Gasteiger partial charge in [-0.1, -0.05) is 42.5 Å². The van der Waals surface area contributed by atoms with Crippen molar-refractivity contribution in [2.24, 2.45) is 5.10 Å². The maximum atomic E-state index is 12.9. The summed E-state index contributed by atoms with van der Waals surface area (Å²) in [4.78, 5) is 25.1. The first kappa shape index (κ1) is 23.5. The van der Waals surface area contributed by atoms with Gasteiger partial charge in [0.2, 0.25) is 0 Å². The van der Waals surface area contributed by atoms with Gasteiger partial charge in [-0.15, -0.1) is 0 Å². The highest BCUT2D eigenvalue weighted by Gasteiger charge is 2.30. The molecule has 0 saturated heterocycles. The number of para-hydroxylation sites is 1. The van der Waals surface area contributed by atoms with E-state index in [1.165, 1.54) is 36.5 Å². The maximum Gasteiger partial charge on any atom is 0.416 e. The van der Waals surface area contributed by atoms with Crippen molar-refractivity contribution in [3.05, 3.63) is 113 Å². The number of hydrogen-bond donors (Lipinski definition) is 2. The van der Waals surface area contributed by atoms with Gasteiger partial charge in [-0.2, -0.15) is 18.3 Å². The Morgan fingerprint density at radius 3 is 2.34 bits per heavy atom. The number of carbonyl (C=O) groups is 2. The Balaban J connectivity index is 1.43. The van der Waals surface area contributed by atoms with Crippen LogP contribution in [0.15, 0.2) is 101 Å². The monoisotopic (exact) mass is 477 g/mol. The van der Waals surface area contributed by atoms with Crippen molar-refractivity contribution >= 4 is 23.7 Å². The van der Waals surface area contributed by atoms with Crippen molar-refractivity contribution in [3.8, 4) is 11.3 Å². The van der Waals surface area contributed by atoms with Gasteiger partial charge in [-0.3, -0.25) is 9.59 Å². The number of amides is 2. The smallest absolute Gasteiger partial charge is 0.416 e. The zero-order valence-electron chi connectivity index (χ0n) is 18.0. The van der Waals surface area contributed by atoms with E-state index in [2.05, 4.69) is 15.8 Å². The summed E-state index contributed by atoms with van der Waals surface area (Å²) in [5, 5.41) is 6.55. The molecular weight excluding hydrogens is 459 g/mol. The molecule has 0 unspecified atom stereocenters. The largest absolute Gasteiger partial charge is 0.455 e. The molecule has 35 heavy (non-hydrogen) atoms. The molecule has 3 aromatic carbocycles.